The van der Waals surface area contributed by atoms with Crippen molar-refractivity contribution in [2.45, 2.75) is 70.8 Å². The van der Waals surface area contributed by atoms with Gasteiger partial charge >= 0.3 is 0 Å². The molecule has 0 radical (unpaired) electrons. The molecule has 0 heterocycles. The summed E-state index contributed by atoms with van der Waals surface area (Å²) in [5.74, 6) is 1.64. The number of hydrogen-bond acceptors (Lipinski definition) is 2. The number of unbranched alkanes of at least 4 members (excludes halogenated alkanes) is 2. The van der Waals surface area contributed by atoms with Crippen LogP contribution in [0.2, 0.25) is 5.04 Å². The third-order valence-electron chi connectivity index (χ3n) is 7.41. The second kappa shape index (κ2) is 9.89. The Balaban J connectivity index is 1.37. The number of rotatable bonds is 9. The molecular formula is C29H38O2Si. The van der Waals surface area contributed by atoms with Crippen molar-refractivity contribution in [3.63, 3.8) is 0 Å². The minimum Gasteiger partial charge on any atom is -0.407 e. The zero-order valence-corrected chi connectivity index (χ0v) is 21.0. The first-order valence-electron chi connectivity index (χ1n) is 12.4. The van der Waals surface area contributed by atoms with E-state index in [4.69, 9.17) is 4.43 Å². The molecule has 170 valence electrons. The number of benzene rings is 2. The van der Waals surface area contributed by atoms with Crippen molar-refractivity contribution in [3.05, 3.63) is 72.3 Å². The standard InChI is InChI=1S/C29H38O2Si/c1-29(2,3)32(27-14-8-4-9-15-27,28-16-10-5-11-17-28)31-18-12-6-7-13-23-19-24-21-26(30)22-25(24)20-23/h4-5,8-11,14-17,19,24-25H,6-7,12-13,18,20-22H2,1-3H3/t24-,25+/m0/s1. The van der Waals surface area contributed by atoms with Crippen molar-refractivity contribution < 1.29 is 9.22 Å². The van der Waals surface area contributed by atoms with E-state index in [1.54, 1.807) is 5.57 Å². The molecule has 0 unspecified atom stereocenters. The van der Waals surface area contributed by atoms with E-state index in [9.17, 15) is 4.79 Å². The first-order chi connectivity index (χ1) is 15.4. The van der Waals surface area contributed by atoms with Crippen LogP contribution in [0.4, 0.5) is 0 Å². The van der Waals surface area contributed by atoms with Crippen molar-refractivity contribution in [1.82, 2.24) is 0 Å². The molecule has 0 bridgehead atoms. The molecule has 0 amide bonds. The summed E-state index contributed by atoms with van der Waals surface area (Å²) in [7, 11) is -2.40. The van der Waals surface area contributed by atoms with Crippen LogP contribution in [0.25, 0.3) is 0 Å². The molecule has 2 aromatic rings. The minimum absolute atomic E-state index is 0.0413. The third-order valence-corrected chi connectivity index (χ3v) is 12.5. The van der Waals surface area contributed by atoms with E-state index in [-0.39, 0.29) is 5.04 Å². The Morgan fingerprint density at radius 3 is 2.03 bits per heavy atom. The fourth-order valence-electron chi connectivity index (χ4n) is 5.89. The van der Waals surface area contributed by atoms with Gasteiger partial charge in [-0.2, -0.15) is 0 Å². The van der Waals surface area contributed by atoms with E-state index in [0.717, 1.165) is 32.3 Å². The maximum atomic E-state index is 11.6. The van der Waals surface area contributed by atoms with Gasteiger partial charge in [0.25, 0.3) is 8.32 Å². The Morgan fingerprint density at radius 1 is 0.844 bits per heavy atom. The Kier molecular flexibility index (Phi) is 7.16. The normalized spacial score (nSPS) is 21.0. The quantitative estimate of drug-likeness (QED) is 0.266. The van der Waals surface area contributed by atoms with Gasteiger partial charge in [-0.3, -0.25) is 4.79 Å². The number of carbonyl (C=O) groups is 1. The Labute approximate surface area is 195 Å². The lowest BCUT2D eigenvalue weighted by Gasteiger charge is -2.43. The van der Waals surface area contributed by atoms with Gasteiger partial charge in [0.2, 0.25) is 0 Å². The van der Waals surface area contributed by atoms with Gasteiger partial charge in [0.05, 0.1) is 0 Å². The van der Waals surface area contributed by atoms with Gasteiger partial charge in [-0.1, -0.05) is 99.5 Å². The second-order valence-electron chi connectivity index (χ2n) is 10.7. The Hall–Kier alpha value is -1.97. The van der Waals surface area contributed by atoms with E-state index < -0.39 is 8.32 Å². The van der Waals surface area contributed by atoms with Crippen molar-refractivity contribution in [2.24, 2.45) is 11.8 Å². The maximum Gasteiger partial charge on any atom is 0.261 e. The van der Waals surface area contributed by atoms with Crippen LogP contribution in [0, 0.1) is 11.8 Å². The van der Waals surface area contributed by atoms with Crippen molar-refractivity contribution in [1.29, 1.82) is 0 Å². The number of hydrogen-bond donors (Lipinski definition) is 0. The van der Waals surface area contributed by atoms with Gasteiger partial charge in [0.15, 0.2) is 0 Å². The van der Waals surface area contributed by atoms with Gasteiger partial charge in [-0.05, 0) is 52.9 Å². The highest BCUT2D eigenvalue weighted by atomic mass is 28.4. The fourth-order valence-corrected chi connectivity index (χ4v) is 10.5. The van der Waals surface area contributed by atoms with Crippen molar-refractivity contribution >= 4 is 24.5 Å². The van der Waals surface area contributed by atoms with Crippen LogP contribution in [-0.2, 0) is 9.22 Å². The predicted octanol–water partition coefficient (Wildman–Crippen LogP) is 6.05. The van der Waals surface area contributed by atoms with E-state index in [1.165, 1.54) is 29.6 Å². The average molecular weight is 447 g/mol. The van der Waals surface area contributed by atoms with E-state index in [2.05, 4.69) is 87.5 Å². The predicted molar refractivity (Wildman–Crippen MR) is 136 cm³/mol. The van der Waals surface area contributed by atoms with Crippen LogP contribution in [0.5, 0.6) is 0 Å². The fraction of sp³-hybridized carbons (Fsp3) is 0.483. The molecule has 32 heavy (non-hydrogen) atoms. The molecule has 4 rings (SSSR count). The molecule has 0 spiro atoms. The van der Waals surface area contributed by atoms with Crippen LogP contribution in [0.1, 0.15) is 65.7 Å². The molecule has 2 atom stereocenters. The SMILES string of the molecule is CC(C)(C)[Si](OCCCCCC1=C[C@H]2CC(=O)C[C@H]2C1)(c1ccccc1)c1ccccc1. The van der Waals surface area contributed by atoms with E-state index in [1.807, 2.05) is 0 Å². The topological polar surface area (TPSA) is 26.3 Å². The summed E-state index contributed by atoms with van der Waals surface area (Å²) in [4.78, 5) is 11.6. The van der Waals surface area contributed by atoms with Crippen molar-refractivity contribution in [2.75, 3.05) is 6.61 Å². The number of allylic oxidation sites excluding steroid dienone is 2. The maximum absolute atomic E-state index is 11.6. The Morgan fingerprint density at radius 2 is 1.47 bits per heavy atom. The molecule has 1 saturated carbocycles. The summed E-state index contributed by atoms with van der Waals surface area (Å²) in [5.41, 5.74) is 1.60. The summed E-state index contributed by atoms with van der Waals surface area (Å²) in [6.07, 6.45) is 9.91. The smallest absolute Gasteiger partial charge is 0.261 e. The summed E-state index contributed by atoms with van der Waals surface area (Å²) in [6, 6.07) is 21.8. The number of Topliss-reactive ketones (excluding diaryl/α,β-unsaturated/α-hetero) is 1. The molecule has 3 heteroatoms. The lowest BCUT2D eigenvalue weighted by Crippen LogP contribution is -2.66. The monoisotopic (exact) mass is 446 g/mol. The highest BCUT2D eigenvalue weighted by molar-refractivity contribution is 6.99. The highest BCUT2D eigenvalue weighted by Gasteiger charge is 2.49. The zero-order valence-electron chi connectivity index (χ0n) is 20.0. The molecule has 2 nitrogen and oxygen atoms in total. The number of fused-ring (bicyclic) bond motifs is 1. The van der Waals surface area contributed by atoms with Crippen LogP contribution in [-0.4, -0.2) is 20.7 Å². The summed E-state index contributed by atoms with van der Waals surface area (Å²) >= 11 is 0. The lowest BCUT2D eigenvalue weighted by atomic mass is 9.98. The summed E-state index contributed by atoms with van der Waals surface area (Å²) < 4.78 is 7.00. The number of ketones is 1. The van der Waals surface area contributed by atoms with Crippen LogP contribution < -0.4 is 10.4 Å². The summed E-state index contributed by atoms with van der Waals surface area (Å²) in [6.45, 7) is 7.83. The molecule has 1 fully saturated rings. The van der Waals surface area contributed by atoms with Gasteiger partial charge in [0, 0.05) is 19.4 Å². The molecule has 0 aliphatic heterocycles. The Bertz CT molecular complexity index is 887. The van der Waals surface area contributed by atoms with E-state index >= 15 is 0 Å². The lowest BCUT2D eigenvalue weighted by molar-refractivity contribution is -0.117. The number of carbonyl (C=O) groups excluding carboxylic acids is 1. The molecule has 2 aliphatic rings. The minimum atomic E-state index is -2.40. The van der Waals surface area contributed by atoms with Crippen LogP contribution >= 0.6 is 0 Å². The van der Waals surface area contributed by atoms with Crippen molar-refractivity contribution in [3.8, 4) is 0 Å². The highest BCUT2D eigenvalue weighted by Crippen LogP contribution is 2.42. The molecule has 0 saturated heterocycles. The molecule has 2 aromatic carbocycles. The van der Waals surface area contributed by atoms with Gasteiger partial charge in [-0.15, -0.1) is 0 Å². The van der Waals surface area contributed by atoms with Gasteiger partial charge < -0.3 is 4.43 Å². The molecule has 0 N–H and O–H groups in total. The average Bonchev–Trinajstić information content (AvgIpc) is 3.30. The van der Waals surface area contributed by atoms with Gasteiger partial charge in [0.1, 0.15) is 5.78 Å². The summed E-state index contributed by atoms with van der Waals surface area (Å²) in [5, 5.41) is 2.76. The first-order valence-corrected chi connectivity index (χ1v) is 14.3. The third kappa shape index (κ3) is 4.84. The molecular weight excluding hydrogens is 408 g/mol. The van der Waals surface area contributed by atoms with Crippen LogP contribution in [0.3, 0.4) is 0 Å². The first kappa shape index (κ1) is 23.2. The second-order valence-corrected chi connectivity index (χ2v) is 15.0. The molecule has 0 aromatic heterocycles. The molecule has 2 aliphatic carbocycles. The van der Waals surface area contributed by atoms with Gasteiger partial charge in [-0.25, -0.2) is 0 Å². The largest absolute Gasteiger partial charge is 0.407 e. The zero-order chi connectivity index (χ0) is 22.6. The van der Waals surface area contributed by atoms with E-state index in [0.29, 0.717) is 17.6 Å². The van der Waals surface area contributed by atoms with Crippen LogP contribution in [0.15, 0.2) is 72.3 Å².